The summed E-state index contributed by atoms with van der Waals surface area (Å²) in [5.74, 6) is -0.228. The molecule has 0 amide bonds. The largest absolute Gasteiger partial charge is 0.469 e. The number of hydrogen-bond acceptors (Lipinski definition) is 3. The van der Waals surface area contributed by atoms with Gasteiger partial charge in [0.1, 0.15) is 0 Å². The van der Waals surface area contributed by atoms with Crippen LogP contribution in [-0.4, -0.2) is 22.6 Å². The molecule has 0 aliphatic heterocycles. The van der Waals surface area contributed by atoms with Gasteiger partial charge in [-0.05, 0) is 36.8 Å². The number of esters is 1. The van der Waals surface area contributed by atoms with Crippen LogP contribution in [0, 0.1) is 11.7 Å². The molecule has 0 bridgehead atoms. The highest BCUT2D eigenvalue weighted by Gasteiger charge is 2.06. The van der Waals surface area contributed by atoms with Gasteiger partial charge >= 0.3 is 5.97 Å². The van der Waals surface area contributed by atoms with Gasteiger partial charge in [-0.25, -0.2) is 0 Å². The Bertz CT molecular complexity index is 612. The number of methoxy groups -OCH3 is 1. The summed E-state index contributed by atoms with van der Waals surface area (Å²) in [5, 5.41) is 0. The summed E-state index contributed by atoms with van der Waals surface area (Å²) in [5.41, 5.74) is 3.19. The Hall–Kier alpha value is -1.62. The molecule has 0 saturated carbocycles. The number of imidazole rings is 1. The van der Waals surface area contributed by atoms with Gasteiger partial charge in [0.15, 0.2) is 4.77 Å². The highest BCUT2D eigenvalue weighted by atomic mass is 32.1. The number of aromatic nitrogens is 2. The zero-order chi connectivity index (χ0) is 12.4. The van der Waals surface area contributed by atoms with Crippen molar-refractivity contribution in [2.24, 2.45) is 0 Å². The lowest BCUT2D eigenvalue weighted by atomic mass is 10.2. The number of hydrogen-bond donors (Lipinski definition) is 1. The van der Waals surface area contributed by atoms with E-state index in [1.54, 1.807) is 0 Å². The van der Waals surface area contributed by atoms with E-state index in [0.717, 1.165) is 11.0 Å². The maximum atomic E-state index is 11.1. The van der Waals surface area contributed by atoms with Gasteiger partial charge in [0, 0.05) is 6.54 Å². The molecule has 1 N–H and O–H groups in total. The van der Waals surface area contributed by atoms with Crippen LogP contribution in [0.2, 0.25) is 0 Å². The summed E-state index contributed by atoms with van der Waals surface area (Å²) in [6.07, 6.45) is 0.325. The second-order valence-electron chi connectivity index (χ2n) is 3.93. The number of aromatic amines is 1. The van der Waals surface area contributed by atoms with E-state index < -0.39 is 0 Å². The van der Waals surface area contributed by atoms with Crippen LogP contribution in [0.15, 0.2) is 18.2 Å². The van der Waals surface area contributed by atoms with Gasteiger partial charge in [0.05, 0.1) is 24.6 Å². The van der Waals surface area contributed by atoms with E-state index in [0.29, 0.717) is 17.7 Å². The summed E-state index contributed by atoms with van der Waals surface area (Å²) in [6.45, 7) is 2.57. The lowest BCUT2D eigenvalue weighted by Crippen LogP contribution is -2.06. The minimum absolute atomic E-state index is 0.228. The van der Waals surface area contributed by atoms with Crippen molar-refractivity contribution in [3.8, 4) is 0 Å². The molecule has 0 fully saturated rings. The molecule has 0 saturated heterocycles. The normalized spacial score (nSPS) is 10.7. The number of nitrogens with one attached hydrogen (secondary N) is 1. The lowest BCUT2D eigenvalue weighted by molar-refractivity contribution is -0.140. The molecule has 90 valence electrons. The van der Waals surface area contributed by atoms with Gasteiger partial charge in [0.2, 0.25) is 0 Å². The van der Waals surface area contributed by atoms with Crippen molar-refractivity contribution in [1.82, 2.24) is 9.55 Å². The van der Waals surface area contributed by atoms with E-state index in [4.69, 9.17) is 12.2 Å². The van der Waals surface area contributed by atoms with Crippen molar-refractivity contribution in [3.05, 3.63) is 28.5 Å². The first-order valence-electron chi connectivity index (χ1n) is 5.38. The van der Waals surface area contributed by atoms with E-state index in [-0.39, 0.29) is 5.97 Å². The van der Waals surface area contributed by atoms with Gasteiger partial charge in [-0.3, -0.25) is 4.79 Å². The number of benzene rings is 1. The first-order chi connectivity index (χ1) is 8.11. The van der Waals surface area contributed by atoms with Gasteiger partial charge < -0.3 is 14.3 Å². The predicted molar refractivity (Wildman–Crippen MR) is 68.5 cm³/mol. The Labute approximate surface area is 104 Å². The Morgan fingerprint density at radius 2 is 2.29 bits per heavy atom. The molecule has 0 aliphatic rings. The molecule has 0 aliphatic carbocycles. The van der Waals surface area contributed by atoms with E-state index in [1.165, 1.54) is 12.7 Å². The van der Waals surface area contributed by atoms with Crippen LogP contribution >= 0.6 is 12.2 Å². The molecule has 0 unspecified atom stereocenters. The van der Waals surface area contributed by atoms with Crippen LogP contribution in [0.25, 0.3) is 11.0 Å². The molecule has 0 spiro atoms. The molecule has 0 atom stereocenters. The van der Waals surface area contributed by atoms with Crippen LogP contribution in [0.1, 0.15) is 12.0 Å². The first-order valence-corrected chi connectivity index (χ1v) is 5.78. The first kappa shape index (κ1) is 11.9. The SMILES string of the molecule is COC(=O)CCn1c(=S)[nH]c2cc(C)ccc21. The minimum atomic E-state index is -0.228. The molecule has 1 heterocycles. The average molecular weight is 250 g/mol. The van der Waals surface area contributed by atoms with Crippen LogP contribution in [0.3, 0.4) is 0 Å². The molecule has 4 nitrogen and oxygen atoms in total. The van der Waals surface area contributed by atoms with E-state index in [9.17, 15) is 4.79 Å². The standard InChI is InChI=1S/C12H14N2O2S/c1-8-3-4-10-9(7-8)13-12(17)14(10)6-5-11(15)16-2/h3-4,7H,5-6H2,1-2H3,(H,13,17). The van der Waals surface area contributed by atoms with Crippen molar-refractivity contribution in [2.45, 2.75) is 19.9 Å². The quantitative estimate of drug-likeness (QED) is 0.672. The van der Waals surface area contributed by atoms with Gasteiger partial charge in [-0.1, -0.05) is 6.07 Å². The Kier molecular flexibility index (Phi) is 3.28. The maximum Gasteiger partial charge on any atom is 0.307 e. The smallest absolute Gasteiger partial charge is 0.307 e. The number of rotatable bonds is 3. The summed E-state index contributed by atoms with van der Waals surface area (Å²) >= 11 is 5.24. The highest BCUT2D eigenvalue weighted by molar-refractivity contribution is 7.71. The van der Waals surface area contributed by atoms with E-state index >= 15 is 0 Å². The van der Waals surface area contributed by atoms with E-state index in [2.05, 4.69) is 9.72 Å². The van der Waals surface area contributed by atoms with Crippen molar-refractivity contribution >= 4 is 29.2 Å². The molecular weight excluding hydrogens is 236 g/mol. The highest BCUT2D eigenvalue weighted by Crippen LogP contribution is 2.16. The predicted octanol–water partition coefficient (Wildman–Crippen LogP) is 2.57. The maximum absolute atomic E-state index is 11.1. The average Bonchev–Trinajstić information content (AvgIpc) is 2.61. The number of carbonyl (C=O) groups excluding carboxylic acids is 1. The van der Waals surface area contributed by atoms with Gasteiger partial charge in [-0.15, -0.1) is 0 Å². The lowest BCUT2D eigenvalue weighted by Gasteiger charge is -2.03. The molecule has 0 radical (unpaired) electrons. The fourth-order valence-corrected chi connectivity index (χ4v) is 2.10. The molecular formula is C12H14N2O2S. The molecule has 1 aromatic heterocycles. The van der Waals surface area contributed by atoms with Crippen molar-refractivity contribution in [1.29, 1.82) is 0 Å². The second-order valence-corrected chi connectivity index (χ2v) is 4.32. The Morgan fingerprint density at radius 3 is 3.00 bits per heavy atom. The minimum Gasteiger partial charge on any atom is -0.469 e. The molecule has 17 heavy (non-hydrogen) atoms. The van der Waals surface area contributed by atoms with Crippen molar-refractivity contribution < 1.29 is 9.53 Å². The Balaban J connectivity index is 2.36. The molecule has 2 aromatic rings. The Morgan fingerprint density at radius 1 is 1.53 bits per heavy atom. The fourth-order valence-electron chi connectivity index (χ4n) is 1.80. The number of nitrogens with zero attached hydrogens (tertiary/aromatic N) is 1. The topological polar surface area (TPSA) is 47.0 Å². The summed E-state index contributed by atoms with van der Waals surface area (Å²) in [4.78, 5) is 14.3. The van der Waals surface area contributed by atoms with E-state index in [1.807, 2.05) is 29.7 Å². The van der Waals surface area contributed by atoms with Gasteiger partial charge in [0.25, 0.3) is 0 Å². The summed E-state index contributed by atoms with van der Waals surface area (Å²) in [7, 11) is 1.39. The molecule has 2 rings (SSSR count). The van der Waals surface area contributed by atoms with Crippen LogP contribution in [0.4, 0.5) is 0 Å². The number of H-pyrrole nitrogens is 1. The van der Waals surface area contributed by atoms with Crippen LogP contribution < -0.4 is 0 Å². The number of ether oxygens (including phenoxy) is 1. The molecule has 5 heteroatoms. The zero-order valence-corrected chi connectivity index (χ0v) is 10.6. The van der Waals surface area contributed by atoms with Gasteiger partial charge in [-0.2, -0.15) is 0 Å². The number of fused-ring (bicyclic) bond motifs is 1. The third-order valence-electron chi connectivity index (χ3n) is 2.70. The zero-order valence-electron chi connectivity index (χ0n) is 9.82. The van der Waals surface area contributed by atoms with Crippen LogP contribution in [-0.2, 0) is 16.1 Å². The second kappa shape index (κ2) is 4.71. The molecule has 1 aromatic carbocycles. The fraction of sp³-hybridized carbons (Fsp3) is 0.333. The third-order valence-corrected chi connectivity index (χ3v) is 3.02. The monoisotopic (exact) mass is 250 g/mol. The third kappa shape index (κ3) is 2.39. The number of carbonyl (C=O) groups is 1. The summed E-state index contributed by atoms with van der Waals surface area (Å²) < 4.78 is 7.17. The number of aryl methyl sites for hydroxylation is 2. The van der Waals surface area contributed by atoms with Crippen molar-refractivity contribution in [2.75, 3.05) is 7.11 Å². The summed E-state index contributed by atoms with van der Waals surface area (Å²) in [6, 6.07) is 6.08. The van der Waals surface area contributed by atoms with Crippen molar-refractivity contribution in [3.63, 3.8) is 0 Å². The van der Waals surface area contributed by atoms with Crippen LogP contribution in [0.5, 0.6) is 0 Å².